The molecule has 0 bridgehead atoms. The Morgan fingerprint density at radius 3 is 2.94 bits per heavy atom. The van der Waals surface area contributed by atoms with Crippen molar-refractivity contribution in [3.8, 4) is 5.75 Å². The van der Waals surface area contributed by atoms with Gasteiger partial charge in [0.25, 0.3) is 0 Å². The number of hydrogen-bond donors (Lipinski definition) is 0. The Labute approximate surface area is 110 Å². The summed E-state index contributed by atoms with van der Waals surface area (Å²) >= 11 is 0. The maximum Gasteiger partial charge on any atom is 0.123 e. The second kappa shape index (κ2) is 4.58. The maximum absolute atomic E-state index is 6.42. The van der Waals surface area contributed by atoms with Crippen molar-refractivity contribution in [2.45, 2.75) is 43.6 Å². The van der Waals surface area contributed by atoms with Crippen LogP contribution in [0.4, 0.5) is 0 Å². The maximum atomic E-state index is 6.42. The van der Waals surface area contributed by atoms with Crippen LogP contribution in [0.25, 0.3) is 0 Å². The molecule has 18 heavy (non-hydrogen) atoms. The lowest BCUT2D eigenvalue weighted by Gasteiger charge is -2.39. The number of ether oxygens (including phenoxy) is 1. The van der Waals surface area contributed by atoms with Crippen molar-refractivity contribution < 1.29 is 4.74 Å². The third-order valence-electron chi connectivity index (χ3n) is 4.57. The average molecular weight is 245 g/mol. The molecular weight excluding hydrogens is 222 g/mol. The molecule has 1 aliphatic heterocycles. The van der Waals surface area contributed by atoms with Crippen molar-refractivity contribution in [3.63, 3.8) is 0 Å². The van der Waals surface area contributed by atoms with Crippen LogP contribution in [0.15, 0.2) is 24.3 Å². The molecule has 2 nitrogen and oxygen atoms in total. The fourth-order valence-electron chi connectivity index (χ4n) is 3.61. The normalized spacial score (nSPS) is 29.8. The smallest absolute Gasteiger partial charge is 0.123 e. The molecule has 1 fully saturated rings. The lowest BCUT2D eigenvalue weighted by Crippen LogP contribution is -2.42. The minimum Gasteiger partial charge on any atom is -0.486 e. The molecule has 2 heteroatoms. The summed E-state index contributed by atoms with van der Waals surface area (Å²) in [6, 6.07) is 8.66. The molecule has 1 saturated carbocycles. The van der Waals surface area contributed by atoms with Crippen molar-refractivity contribution in [1.82, 2.24) is 4.90 Å². The van der Waals surface area contributed by atoms with E-state index in [9.17, 15) is 0 Å². The average Bonchev–Trinajstić information content (AvgIpc) is 2.71. The molecule has 1 heterocycles. The highest BCUT2D eigenvalue weighted by Crippen LogP contribution is 2.53. The summed E-state index contributed by atoms with van der Waals surface area (Å²) in [5.41, 5.74) is 1.54. The van der Waals surface area contributed by atoms with Gasteiger partial charge < -0.3 is 9.64 Å². The summed E-state index contributed by atoms with van der Waals surface area (Å²) in [7, 11) is 4.30. The van der Waals surface area contributed by atoms with Crippen molar-refractivity contribution in [3.05, 3.63) is 29.8 Å². The molecule has 0 N–H and O–H groups in total. The first-order valence-corrected chi connectivity index (χ1v) is 7.14. The van der Waals surface area contributed by atoms with Crippen LogP contribution in [0, 0.1) is 0 Å². The van der Waals surface area contributed by atoms with Gasteiger partial charge >= 0.3 is 0 Å². The van der Waals surface area contributed by atoms with E-state index in [1.54, 1.807) is 0 Å². The van der Waals surface area contributed by atoms with E-state index in [0.717, 1.165) is 18.7 Å². The molecule has 0 radical (unpaired) electrons. The van der Waals surface area contributed by atoms with Crippen LogP contribution in [0.1, 0.15) is 43.6 Å². The van der Waals surface area contributed by atoms with Crippen LogP contribution in [0.2, 0.25) is 0 Å². The van der Waals surface area contributed by atoms with Gasteiger partial charge in [-0.2, -0.15) is 0 Å². The van der Waals surface area contributed by atoms with Gasteiger partial charge in [-0.25, -0.2) is 0 Å². The van der Waals surface area contributed by atoms with Gasteiger partial charge in [-0.1, -0.05) is 24.6 Å². The van der Waals surface area contributed by atoms with Gasteiger partial charge in [0, 0.05) is 24.4 Å². The monoisotopic (exact) mass is 245 g/mol. The predicted octanol–water partition coefficient (Wildman–Crippen LogP) is 3.43. The molecule has 1 aromatic rings. The van der Waals surface area contributed by atoms with Gasteiger partial charge in [-0.3, -0.25) is 0 Å². The van der Waals surface area contributed by atoms with Crippen molar-refractivity contribution in [1.29, 1.82) is 0 Å². The van der Waals surface area contributed by atoms with Gasteiger partial charge in [0.1, 0.15) is 11.4 Å². The number of rotatable bonds is 3. The van der Waals surface area contributed by atoms with Crippen molar-refractivity contribution in [2.24, 2.45) is 0 Å². The highest BCUT2D eigenvalue weighted by molar-refractivity contribution is 5.43. The first-order chi connectivity index (χ1) is 8.71. The van der Waals surface area contributed by atoms with Crippen LogP contribution >= 0.6 is 0 Å². The Hall–Kier alpha value is -1.02. The Bertz CT molecular complexity index is 429. The minimum absolute atomic E-state index is 0.0895. The van der Waals surface area contributed by atoms with E-state index in [2.05, 4.69) is 43.3 Å². The van der Waals surface area contributed by atoms with E-state index in [1.807, 2.05) is 0 Å². The number of hydrogen-bond acceptors (Lipinski definition) is 2. The number of nitrogens with zero attached hydrogens (tertiary/aromatic N) is 1. The van der Waals surface area contributed by atoms with Crippen molar-refractivity contribution >= 4 is 0 Å². The summed E-state index contributed by atoms with van der Waals surface area (Å²) < 4.78 is 6.42. The zero-order chi connectivity index (χ0) is 12.6. The number of benzene rings is 1. The summed E-state index contributed by atoms with van der Waals surface area (Å²) in [6.45, 7) is 1.12. The van der Waals surface area contributed by atoms with Crippen LogP contribution in [0.5, 0.6) is 5.75 Å². The van der Waals surface area contributed by atoms with Gasteiger partial charge in [-0.05, 0) is 39.4 Å². The van der Waals surface area contributed by atoms with E-state index in [-0.39, 0.29) is 5.60 Å². The van der Waals surface area contributed by atoms with Crippen LogP contribution in [-0.2, 0) is 0 Å². The zero-order valence-corrected chi connectivity index (χ0v) is 11.5. The molecule has 2 unspecified atom stereocenters. The largest absolute Gasteiger partial charge is 0.486 e. The van der Waals surface area contributed by atoms with E-state index < -0.39 is 0 Å². The van der Waals surface area contributed by atoms with E-state index in [4.69, 9.17) is 4.74 Å². The second-order valence-electron chi connectivity index (χ2n) is 6.06. The molecule has 0 aromatic heterocycles. The third-order valence-corrected chi connectivity index (χ3v) is 4.57. The minimum atomic E-state index is 0.0895. The lowest BCUT2D eigenvalue weighted by atomic mass is 9.72. The third kappa shape index (κ3) is 1.93. The fraction of sp³-hybridized carbons (Fsp3) is 0.625. The Balaban J connectivity index is 1.89. The number of fused-ring (bicyclic) bond motifs is 3. The quantitative estimate of drug-likeness (QED) is 0.809. The molecular formula is C16H23NO. The van der Waals surface area contributed by atoms with E-state index in [1.165, 1.54) is 31.2 Å². The summed E-state index contributed by atoms with van der Waals surface area (Å²) in [5, 5.41) is 0. The predicted molar refractivity (Wildman–Crippen MR) is 74.2 cm³/mol. The summed E-state index contributed by atoms with van der Waals surface area (Å²) in [5.74, 6) is 1.77. The molecule has 0 spiro atoms. The highest BCUT2D eigenvalue weighted by atomic mass is 16.5. The van der Waals surface area contributed by atoms with Crippen molar-refractivity contribution in [2.75, 3.05) is 20.6 Å². The molecule has 0 amide bonds. The topological polar surface area (TPSA) is 12.5 Å². The van der Waals surface area contributed by atoms with E-state index in [0.29, 0.717) is 5.92 Å². The molecule has 1 aliphatic carbocycles. The Morgan fingerprint density at radius 1 is 1.28 bits per heavy atom. The lowest BCUT2D eigenvalue weighted by molar-refractivity contribution is 0.0214. The van der Waals surface area contributed by atoms with Crippen LogP contribution < -0.4 is 4.74 Å². The molecule has 2 aliphatic rings. The molecule has 3 rings (SSSR count). The van der Waals surface area contributed by atoms with Gasteiger partial charge in [-0.15, -0.1) is 0 Å². The number of para-hydroxylation sites is 1. The van der Waals surface area contributed by atoms with Gasteiger partial charge in [0.15, 0.2) is 0 Å². The first-order valence-electron chi connectivity index (χ1n) is 7.14. The molecule has 0 saturated heterocycles. The SMILES string of the molecule is CN(C)CCC12CCCCC1c1ccccc1O2. The Morgan fingerprint density at radius 2 is 2.11 bits per heavy atom. The first kappa shape index (κ1) is 12.0. The van der Waals surface area contributed by atoms with Crippen LogP contribution in [-0.4, -0.2) is 31.1 Å². The summed E-state index contributed by atoms with van der Waals surface area (Å²) in [6.07, 6.45) is 6.34. The van der Waals surface area contributed by atoms with E-state index >= 15 is 0 Å². The van der Waals surface area contributed by atoms with Gasteiger partial charge in [0.2, 0.25) is 0 Å². The molecule has 2 atom stereocenters. The second-order valence-corrected chi connectivity index (χ2v) is 6.06. The van der Waals surface area contributed by atoms with Crippen LogP contribution in [0.3, 0.4) is 0 Å². The Kier molecular flexibility index (Phi) is 3.06. The summed E-state index contributed by atoms with van der Waals surface area (Å²) in [4.78, 5) is 2.27. The molecule has 1 aromatic carbocycles. The zero-order valence-electron chi connectivity index (χ0n) is 11.5. The highest BCUT2D eigenvalue weighted by Gasteiger charge is 2.48. The molecule has 98 valence electrons. The fourth-order valence-corrected chi connectivity index (χ4v) is 3.61. The standard InChI is InChI=1S/C16H23NO/c1-17(2)12-11-16-10-6-5-8-14(16)13-7-3-4-9-15(13)18-16/h3-4,7,9,14H,5-6,8,10-12H2,1-2H3. The van der Waals surface area contributed by atoms with Gasteiger partial charge in [0.05, 0.1) is 0 Å².